The summed E-state index contributed by atoms with van der Waals surface area (Å²) in [7, 11) is 0. The van der Waals surface area contributed by atoms with Crippen LogP contribution >= 0.6 is 38.9 Å². The Morgan fingerprint density at radius 3 is 2.00 bits per heavy atom. The summed E-state index contributed by atoms with van der Waals surface area (Å²) in [6, 6.07) is 0. The zero-order valence-corrected chi connectivity index (χ0v) is 11.0. The summed E-state index contributed by atoms with van der Waals surface area (Å²) in [5.41, 5.74) is 0. The van der Waals surface area contributed by atoms with Crippen LogP contribution < -0.4 is 0 Å². The van der Waals surface area contributed by atoms with E-state index in [-0.39, 0.29) is 0 Å². The maximum Gasteiger partial charge on any atom is 0.339 e. The topological polar surface area (TPSA) is 17.1 Å². The van der Waals surface area contributed by atoms with Crippen molar-refractivity contribution in [2.24, 2.45) is 0 Å². The Labute approximate surface area is 95.2 Å². The average Bonchev–Trinajstić information content (AvgIpc) is 1.95. The molecule has 0 spiro atoms. The quantitative estimate of drug-likeness (QED) is 0.341. The molecule has 0 aliphatic heterocycles. The third-order valence-corrected chi connectivity index (χ3v) is 1.26. The number of unbranched alkanes of at least 4 members (excludes halogenated alkanes) is 4. The Bertz CT molecular complexity index is 147. The van der Waals surface area contributed by atoms with Gasteiger partial charge in [-0.05, 0) is 46.6 Å². The lowest BCUT2D eigenvalue weighted by atomic mass is 10.2. The molecule has 13 heavy (non-hydrogen) atoms. The molecule has 5 heteroatoms. The van der Waals surface area contributed by atoms with Crippen molar-refractivity contribution >= 4 is 38.9 Å². The Morgan fingerprint density at radius 2 is 1.69 bits per heavy atom. The predicted octanol–water partition coefficient (Wildman–Crippen LogP) is 5.95. The van der Waals surface area contributed by atoms with Gasteiger partial charge in [0.15, 0.2) is 0 Å². The third kappa shape index (κ3) is 44.2. The number of allylic oxidation sites excluding steroid dienone is 1. The highest BCUT2D eigenvalue weighted by molar-refractivity contribution is 8.24. The fraction of sp³-hybridized carbons (Fsp3) is 0.750. The molecule has 0 bridgehead atoms. The molecule has 0 fully saturated rings. The van der Waals surface area contributed by atoms with Crippen molar-refractivity contribution < 1.29 is 4.57 Å². The van der Waals surface area contributed by atoms with Gasteiger partial charge >= 0.3 is 5.20 Å². The van der Waals surface area contributed by atoms with Gasteiger partial charge in [0, 0.05) is 0 Å². The second-order valence-electron chi connectivity index (χ2n) is 2.54. The van der Waals surface area contributed by atoms with Crippen LogP contribution in [-0.4, -0.2) is 0 Å². The molecule has 0 saturated carbocycles. The lowest BCUT2D eigenvalue weighted by Gasteiger charge is -1.91. The fourth-order valence-electron chi connectivity index (χ4n) is 0.715. The summed E-state index contributed by atoms with van der Waals surface area (Å²) in [5, 5.41) is -3.22. The van der Waals surface area contributed by atoms with Crippen LogP contribution in [0.15, 0.2) is 12.7 Å². The molecule has 0 atom stereocenters. The zero-order valence-electron chi connectivity index (χ0n) is 7.81. The van der Waals surface area contributed by atoms with E-state index in [0.717, 1.165) is 0 Å². The van der Waals surface area contributed by atoms with Crippen molar-refractivity contribution in [1.82, 2.24) is 0 Å². The molecule has 0 aromatic heterocycles. The second kappa shape index (κ2) is 10.9. The summed E-state index contributed by atoms with van der Waals surface area (Å²) in [6.45, 7) is 5.89. The van der Waals surface area contributed by atoms with Crippen LogP contribution in [0, 0.1) is 0 Å². The van der Waals surface area contributed by atoms with E-state index in [4.69, 9.17) is 0 Å². The van der Waals surface area contributed by atoms with Gasteiger partial charge in [0.1, 0.15) is 0 Å². The summed E-state index contributed by atoms with van der Waals surface area (Å²) in [6.07, 6.45) is 8.61. The number of rotatable bonds is 5. The smallest absolute Gasteiger partial charge is 0.271 e. The van der Waals surface area contributed by atoms with Gasteiger partial charge in [0.05, 0.1) is 0 Å². The largest absolute Gasteiger partial charge is 0.339 e. The van der Waals surface area contributed by atoms with Crippen LogP contribution in [0.2, 0.25) is 0 Å². The van der Waals surface area contributed by atoms with Gasteiger partial charge in [0.25, 0.3) is 0 Å². The molecule has 0 amide bonds. The monoisotopic (exact) mass is 264 g/mol. The molecule has 0 radical (unpaired) electrons. The number of hydrogen-bond acceptors (Lipinski definition) is 1. The minimum absolute atomic E-state index is 1.19. The van der Waals surface area contributed by atoms with Crippen molar-refractivity contribution in [3.8, 4) is 0 Å². The lowest BCUT2D eigenvalue weighted by molar-refractivity contribution is 0.600. The van der Waals surface area contributed by atoms with E-state index in [1.54, 1.807) is 0 Å². The van der Waals surface area contributed by atoms with Gasteiger partial charge in [0.2, 0.25) is 0 Å². The fourth-order valence-corrected chi connectivity index (χ4v) is 0.715. The van der Waals surface area contributed by atoms with Crippen LogP contribution in [0.1, 0.15) is 39.0 Å². The summed E-state index contributed by atoms with van der Waals surface area (Å²) in [4.78, 5) is 0. The standard InChI is InChI=1S/C8H16.Cl3OP/c1-3-5-7-8-6-4-2;1-5(2,3)4/h3H,1,4-8H2,2H3;. The highest BCUT2D eigenvalue weighted by Crippen LogP contribution is 2.61. The van der Waals surface area contributed by atoms with E-state index >= 15 is 0 Å². The highest BCUT2D eigenvalue weighted by atomic mass is 36.0. The molecule has 80 valence electrons. The maximum absolute atomic E-state index is 9.51. The Morgan fingerprint density at radius 1 is 1.23 bits per heavy atom. The summed E-state index contributed by atoms with van der Waals surface area (Å²) < 4.78 is 9.51. The number of halogens is 3. The molecular weight excluding hydrogens is 249 g/mol. The Hall–Kier alpha value is 0.840. The van der Waals surface area contributed by atoms with Gasteiger partial charge in [-0.1, -0.05) is 32.3 Å². The van der Waals surface area contributed by atoms with E-state index in [1.807, 2.05) is 6.08 Å². The van der Waals surface area contributed by atoms with Crippen LogP contribution in [0.5, 0.6) is 0 Å². The number of hydrogen-bond donors (Lipinski definition) is 0. The average molecular weight is 266 g/mol. The molecule has 0 saturated heterocycles. The van der Waals surface area contributed by atoms with Crippen molar-refractivity contribution in [3.05, 3.63) is 12.7 Å². The van der Waals surface area contributed by atoms with E-state index in [9.17, 15) is 4.57 Å². The maximum atomic E-state index is 9.51. The van der Waals surface area contributed by atoms with Gasteiger partial charge < -0.3 is 0 Å². The molecular formula is C8H16Cl3OP. The first kappa shape index (κ1) is 16.3. The van der Waals surface area contributed by atoms with Gasteiger partial charge in [-0.2, -0.15) is 0 Å². The van der Waals surface area contributed by atoms with Crippen molar-refractivity contribution in [2.45, 2.75) is 39.0 Å². The molecule has 1 nitrogen and oxygen atoms in total. The minimum Gasteiger partial charge on any atom is -0.271 e. The molecule has 0 heterocycles. The van der Waals surface area contributed by atoms with Crippen molar-refractivity contribution in [1.29, 1.82) is 0 Å². The summed E-state index contributed by atoms with van der Waals surface area (Å²) in [5.74, 6) is 0. The highest BCUT2D eigenvalue weighted by Gasteiger charge is 2.02. The zero-order chi connectivity index (χ0) is 10.7. The first-order valence-electron chi connectivity index (χ1n) is 4.21. The minimum atomic E-state index is -3.22. The van der Waals surface area contributed by atoms with Crippen LogP contribution in [0.25, 0.3) is 0 Å². The molecule has 0 aromatic carbocycles. The molecule has 0 aliphatic rings. The summed E-state index contributed by atoms with van der Waals surface area (Å²) >= 11 is 13.8. The van der Waals surface area contributed by atoms with Crippen molar-refractivity contribution in [3.63, 3.8) is 0 Å². The molecule has 0 unspecified atom stereocenters. The molecule has 0 N–H and O–H groups in total. The van der Waals surface area contributed by atoms with Crippen LogP contribution in [0.3, 0.4) is 0 Å². The van der Waals surface area contributed by atoms with Crippen molar-refractivity contribution in [2.75, 3.05) is 0 Å². The first-order valence-corrected chi connectivity index (χ1v) is 8.64. The van der Waals surface area contributed by atoms with Gasteiger partial charge in [-0.15, -0.1) is 6.58 Å². The van der Waals surface area contributed by atoms with Crippen LogP contribution in [0.4, 0.5) is 0 Å². The van der Waals surface area contributed by atoms with Gasteiger partial charge in [-0.25, -0.2) is 0 Å². The Balaban J connectivity index is 0. The second-order valence-corrected chi connectivity index (χ2v) is 9.18. The molecule has 0 aromatic rings. The van der Waals surface area contributed by atoms with E-state index < -0.39 is 5.20 Å². The third-order valence-electron chi connectivity index (χ3n) is 1.26. The molecule has 0 aliphatic carbocycles. The van der Waals surface area contributed by atoms with Gasteiger partial charge in [-0.3, -0.25) is 4.57 Å². The lowest BCUT2D eigenvalue weighted by Crippen LogP contribution is -1.71. The predicted molar refractivity (Wildman–Crippen MR) is 64.1 cm³/mol. The normalized spacial score (nSPS) is 10.2. The first-order chi connectivity index (χ1) is 5.91. The van der Waals surface area contributed by atoms with Crippen LogP contribution in [-0.2, 0) is 4.57 Å². The molecule has 0 rings (SSSR count). The van der Waals surface area contributed by atoms with E-state index in [2.05, 4.69) is 47.2 Å². The Kier molecular flexibility index (Phi) is 13.7. The SMILES string of the molecule is C=CCCCCCC.O=P(Cl)(Cl)Cl. The van der Waals surface area contributed by atoms with E-state index in [0.29, 0.717) is 0 Å². The van der Waals surface area contributed by atoms with E-state index in [1.165, 1.54) is 32.1 Å².